The number of nitrogens with two attached hydrogens (primary N) is 1. The number of benzene rings is 1. The van der Waals surface area contributed by atoms with Crippen molar-refractivity contribution in [3.8, 4) is 0 Å². The van der Waals surface area contributed by atoms with Gasteiger partial charge in [-0.3, -0.25) is 9.69 Å². The summed E-state index contributed by atoms with van der Waals surface area (Å²) in [5.41, 5.74) is 8.10. The average Bonchev–Trinajstić information content (AvgIpc) is 2.81. The van der Waals surface area contributed by atoms with Gasteiger partial charge >= 0.3 is 0 Å². The Labute approximate surface area is 147 Å². The maximum Gasteiger partial charge on any atom is 0.254 e. The highest BCUT2D eigenvalue weighted by molar-refractivity contribution is 5.94. The summed E-state index contributed by atoms with van der Waals surface area (Å²) in [5.74, 6) is 0.0760. The molecular formula is C19H23FN4O. The Morgan fingerprint density at radius 3 is 2.84 bits per heavy atom. The number of hydrogen-bond acceptors (Lipinski definition) is 4. The molecule has 0 radical (unpaired) electrons. The number of aryl methyl sites for hydroxylation is 1. The molecule has 5 nitrogen and oxygen atoms in total. The van der Waals surface area contributed by atoms with Crippen LogP contribution in [-0.2, 0) is 6.54 Å². The minimum atomic E-state index is -0.369. The standard InChI is InChI=1S/C19H23FN4O/c1-14-10-16(12-17(20)11-14)19(25)24-7-3-6-23(8-9-24)13-15-4-2-5-22-18(15)21/h2,4-5,10-12H,3,6-9,13H2,1H3,(H2,21,22). The third-order valence-electron chi connectivity index (χ3n) is 4.48. The summed E-state index contributed by atoms with van der Waals surface area (Å²) in [7, 11) is 0. The molecule has 2 N–H and O–H groups in total. The van der Waals surface area contributed by atoms with E-state index in [1.807, 2.05) is 12.1 Å². The van der Waals surface area contributed by atoms with Crippen LogP contribution in [-0.4, -0.2) is 46.9 Å². The Kier molecular flexibility index (Phi) is 5.28. The van der Waals surface area contributed by atoms with Gasteiger partial charge in [-0.15, -0.1) is 0 Å². The molecule has 6 heteroatoms. The molecule has 2 heterocycles. The Bertz CT molecular complexity index is 745. The third-order valence-corrected chi connectivity index (χ3v) is 4.48. The Morgan fingerprint density at radius 1 is 1.24 bits per heavy atom. The third kappa shape index (κ3) is 4.33. The van der Waals surface area contributed by atoms with Crippen LogP contribution in [0.3, 0.4) is 0 Å². The number of nitrogen functional groups attached to an aromatic ring is 1. The average molecular weight is 342 g/mol. The molecule has 2 aromatic rings. The number of pyridine rings is 1. The molecule has 1 aromatic heterocycles. The normalized spacial score (nSPS) is 15.8. The second kappa shape index (κ2) is 7.61. The van der Waals surface area contributed by atoms with E-state index < -0.39 is 0 Å². The zero-order valence-corrected chi connectivity index (χ0v) is 14.4. The minimum Gasteiger partial charge on any atom is -0.383 e. The zero-order valence-electron chi connectivity index (χ0n) is 14.4. The minimum absolute atomic E-state index is 0.106. The topological polar surface area (TPSA) is 62.5 Å². The van der Waals surface area contributed by atoms with Crippen molar-refractivity contribution in [3.05, 3.63) is 59.0 Å². The summed E-state index contributed by atoms with van der Waals surface area (Å²) in [5, 5.41) is 0. The van der Waals surface area contributed by atoms with Gasteiger partial charge in [0.05, 0.1) is 0 Å². The van der Waals surface area contributed by atoms with E-state index in [2.05, 4.69) is 9.88 Å². The summed E-state index contributed by atoms with van der Waals surface area (Å²) in [4.78, 5) is 20.9. The Balaban J connectivity index is 1.65. The van der Waals surface area contributed by atoms with Gasteiger partial charge in [-0.05, 0) is 43.2 Å². The molecule has 0 aliphatic carbocycles. The lowest BCUT2D eigenvalue weighted by atomic mass is 10.1. The fourth-order valence-electron chi connectivity index (χ4n) is 3.20. The highest BCUT2D eigenvalue weighted by Gasteiger charge is 2.21. The van der Waals surface area contributed by atoms with Crippen LogP contribution in [0.25, 0.3) is 0 Å². The molecule has 0 saturated carbocycles. The molecule has 0 unspecified atom stereocenters. The van der Waals surface area contributed by atoms with Crippen LogP contribution in [0.5, 0.6) is 0 Å². The van der Waals surface area contributed by atoms with Crippen LogP contribution in [0.4, 0.5) is 10.2 Å². The fourth-order valence-corrected chi connectivity index (χ4v) is 3.20. The second-order valence-electron chi connectivity index (χ2n) is 6.49. The van der Waals surface area contributed by atoms with Crippen molar-refractivity contribution in [2.75, 3.05) is 31.9 Å². The summed E-state index contributed by atoms with van der Waals surface area (Å²) in [6, 6.07) is 8.34. The molecule has 132 valence electrons. The van der Waals surface area contributed by atoms with Gasteiger partial charge in [0.15, 0.2) is 0 Å². The van der Waals surface area contributed by atoms with Gasteiger partial charge in [-0.25, -0.2) is 9.37 Å². The number of anilines is 1. The number of halogens is 1. The molecule has 1 aliphatic rings. The summed E-state index contributed by atoms with van der Waals surface area (Å²) < 4.78 is 13.6. The van der Waals surface area contributed by atoms with Gasteiger partial charge < -0.3 is 10.6 Å². The van der Waals surface area contributed by atoms with Gasteiger partial charge in [-0.1, -0.05) is 6.07 Å². The lowest BCUT2D eigenvalue weighted by molar-refractivity contribution is 0.0760. The van der Waals surface area contributed by atoms with Gasteiger partial charge in [0, 0.05) is 50.0 Å². The van der Waals surface area contributed by atoms with Crippen molar-refractivity contribution in [1.29, 1.82) is 0 Å². The van der Waals surface area contributed by atoms with E-state index in [1.165, 1.54) is 12.1 Å². The zero-order chi connectivity index (χ0) is 17.8. The molecule has 1 saturated heterocycles. The van der Waals surface area contributed by atoms with E-state index in [-0.39, 0.29) is 11.7 Å². The van der Waals surface area contributed by atoms with Crippen molar-refractivity contribution in [2.24, 2.45) is 0 Å². The van der Waals surface area contributed by atoms with Crippen molar-refractivity contribution in [3.63, 3.8) is 0 Å². The van der Waals surface area contributed by atoms with E-state index in [4.69, 9.17) is 5.73 Å². The highest BCUT2D eigenvalue weighted by Crippen LogP contribution is 2.16. The van der Waals surface area contributed by atoms with Crippen molar-refractivity contribution in [1.82, 2.24) is 14.8 Å². The quantitative estimate of drug-likeness (QED) is 0.931. The molecule has 0 atom stereocenters. The first-order valence-corrected chi connectivity index (χ1v) is 8.51. The molecular weight excluding hydrogens is 319 g/mol. The summed E-state index contributed by atoms with van der Waals surface area (Å²) in [6.07, 6.45) is 2.56. The van der Waals surface area contributed by atoms with Crippen LogP contribution >= 0.6 is 0 Å². The number of rotatable bonds is 3. The predicted octanol–water partition coefficient (Wildman–Crippen LogP) is 2.46. The lowest BCUT2D eigenvalue weighted by Gasteiger charge is -2.22. The number of aromatic nitrogens is 1. The number of carbonyl (C=O) groups excluding carboxylic acids is 1. The number of hydrogen-bond donors (Lipinski definition) is 1. The maximum atomic E-state index is 13.6. The second-order valence-corrected chi connectivity index (χ2v) is 6.49. The van der Waals surface area contributed by atoms with E-state index in [9.17, 15) is 9.18 Å². The van der Waals surface area contributed by atoms with Crippen LogP contribution in [0.15, 0.2) is 36.5 Å². The largest absolute Gasteiger partial charge is 0.383 e. The summed E-state index contributed by atoms with van der Waals surface area (Å²) in [6.45, 7) is 5.46. The van der Waals surface area contributed by atoms with Gasteiger partial charge in [0.25, 0.3) is 5.91 Å². The van der Waals surface area contributed by atoms with Crippen LogP contribution in [0.1, 0.15) is 27.9 Å². The van der Waals surface area contributed by atoms with Crippen molar-refractivity contribution < 1.29 is 9.18 Å². The molecule has 0 bridgehead atoms. The van der Waals surface area contributed by atoms with Crippen LogP contribution in [0, 0.1) is 12.7 Å². The van der Waals surface area contributed by atoms with Gasteiger partial charge in [0.1, 0.15) is 11.6 Å². The molecule has 1 fully saturated rings. The Hall–Kier alpha value is -2.47. The smallest absolute Gasteiger partial charge is 0.254 e. The van der Waals surface area contributed by atoms with Crippen molar-refractivity contribution in [2.45, 2.75) is 19.9 Å². The SMILES string of the molecule is Cc1cc(F)cc(C(=O)N2CCCN(Cc3cccnc3N)CC2)c1. The maximum absolute atomic E-state index is 13.6. The monoisotopic (exact) mass is 342 g/mol. The fraction of sp³-hybridized carbons (Fsp3) is 0.368. The lowest BCUT2D eigenvalue weighted by Crippen LogP contribution is -2.35. The van der Waals surface area contributed by atoms with Gasteiger partial charge in [-0.2, -0.15) is 0 Å². The predicted molar refractivity (Wildman–Crippen MR) is 95.6 cm³/mol. The van der Waals surface area contributed by atoms with E-state index in [0.717, 1.165) is 37.2 Å². The summed E-state index contributed by atoms with van der Waals surface area (Å²) >= 11 is 0. The molecule has 1 aliphatic heterocycles. The molecule has 1 amide bonds. The van der Waals surface area contributed by atoms with Crippen LogP contribution in [0.2, 0.25) is 0 Å². The first-order chi connectivity index (χ1) is 12.0. The van der Waals surface area contributed by atoms with Crippen molar-refractivity contribution >= 4 is 11.7 Å². The molecule has 1 aromatic carbocycles. The molecule has 25 heavy (non-hydrogen) atoms. The van der Waals surface area contributed by atoms with E-state index >= 15 is 0 Å². The number of nitrogens with zero attached hydrogens (tertiary/aromatic N) is 3. The highest BCUT2D eigenvalue weighted by atomic mass is 19.1. The first kappa shape index (κ1) is 17.4. The van der Waals surface area contributed by atoms with Crippen LogP contribution < -0.4 is 5.73 Å². The van der Waals surface area contributed by atoms with E-state index in [0.29, 0.717) is 24.5 Å². The number of carbonyl (C=O) groups is 1. The van der Waals surface area contributed by atoms with Gasteiger partial charge in [0.2, 0.25) is 0 Å². The first-order valence-electron chi connectivity index (χ1n) is 8.51. The molecule has 3 rings (SSSR count). The van der Waals surface area contributed by atoms with E-state index in [1.54, 1.807) is 24.1 Å². The Morgan fingerprint density at radius 2 is 2.08 bits per heavy atom. The number of amides is 1. The molecule has 0 spiro atoms.